The van der Waals surface area contributed by atoms with Crippen LogP contribution in [0.3, 0.4) is 0 Å². The summed E-state index contributed by atoms with van der Waals surface area (Å²) < 4.78 is 0. The van der Waals surface area contributed by atoms with Crippen molar-refractivity contribution in [2.24, 2.45) is 0 Å². The van der Waals surface area contributed by atoms with Gasteiger partial charge in [0.1, 0.15) is 0 Å². The van der Waals surface area contributed by atoms with Gasteiger partial charge < -0.3 is 4.90 Å². The van der Waals surface area contributed by atoms with E-state index in [0.717, 1.165) is 0 Å². The monoisotopic (exact) mass is 177 g/mol. The Labute approximate surface area is 76.5 Å². The highest BCUT2D eigenvalue weighted by Gasteiger charge is 2.02. The van der Waals surface area contributed by atoms with Crippen LogP contribution in [0.4, 0.5) is 0 Å². The molecule has 1 fully saturated rings. The molecule has 1 aliphatic heterocycles. The van der Waals surface area contributed by atoms with E-state index in [1.54, 1.807) is 0 Å². The SMILES string of the molecule is CC.CC.CN1CCSCC1. The van der Waals surface area contributed by atoms with Gasteiger partial charge in [-0.2, -0.15) is 11.8 Å². The summed E-state index contributed by atoms with van der Waals surface area (Å²) in [4.78, 5) is 2.37. The minimum absolute atomic E-state index is 1.28. The molecule has 70 valence electrons. The largest absolute Gasteiger partial charge is 0.305 e. The molecule has 1 heterocycles. The molecular weight excluding hydrogens is 154 g/mol. The van der Waals surface area contributed by atoms with E-state index in [9.17, 15) is 0 Å². The van der Waals surface area contributed by atoms with Gasteiger partial charge in [0.05, 0.1) is 0 Å². The van der Waals surface area contributed by atoms with Crippen LogP contribution in [0, 0.1) is 0 Å². The molecule has 0 atom stereocenters. The molecule has 11 heavy (non-hydrogen) atoms. The lowest BCUT2D eigenvalue weighted by molar-refractivity contribution is 0.372. The average molecular weight is 177 g/mol. The molecule has 0 aromatic heterocycles. The smallest absolute Gasteiger partial charge is 0.00696 e. The van der Waals surface area contributed by atoms with Gasteiger partial charge in [-0.15, -0.1) is 0 Å². The summed E-state index contributed by atoms with van der Waals surface area (Å²) in [6.45, 7) is 10.6. The lowest BCUT2D eigenvalue weighted by Crippen LogP contribution is -2.28. The van der Waals surface area contributed by atoms with Crippen molar-refractivity contribution >= 4 is 11.8 Å². The number of rotatable bonds is 0. The van der Waals surface area contributed by atoms with E-state index in [1.165, 1.54) is 24.6 Å². The standard InChI is InChI=1S/C5H11NS.2C2H6/c1-6-2-4-7-5-3-6;2*1-2/h2-5H2,1H3;2*1-2H3. The van der Waals surface area contributed by atoms with E-state index in [0.29, 0.717) is 0 Å². The van der Waals surface area contributed by atoms with Gasteiger partial charge >= 0.3 is 0 Å². The Morgan fingerprint density at radius 3 is 1.45 bits per heavy atom. The van der Waals surface area contributed by atoms with E-state index < -0.39 is 0 Å². The molecule has 0 radical (unpaired) electrons. The first-order valence-electron chi connectivity index (χ1n) is 4.66. The number of nitrogens with zero attached hydrogens (tertiary/aromatic N) is 1. The summed E-state index contributed by atoms with van der Waals surface area (Å²) in [6, 6.07) is 0. The summed E-state index contributed by atoms with van der Waals surface area (Å²) >= 11 is 2.06. The predicted octanol–water partition coefficient (Wildman–Crippen LogP) is 2.72. The van der Waals surface area contributed by atoms with Crippen LogP contribution in [0.5, 0.6) is 0 Å². The first kappa shape index (κ1) is 13.9. The summed E-state index contributed by atoms with van der Waals surface area (Å²) in [7, 11) is 2.18. The second-order valence-corrected chi connectivity index (χ2v) is 3.14. The highest BCUT2D eigenvalue weighted by molar-refractivity contribution is 7.99. The molecule has 0 aromatic carbocycles. The lowest BCUT2D eigenvalue weighted by atomic mass is 10.6. The van der Waals surface area contributed by atoms with E-state index in [-0.39, 0.29) is 0 Å². The van der Waals surface area contributed by atoms with Gasteiger partial charge in [0, 0.05) is 24.6 Å². The quantitative estimate of drug-likeness (QED) is 0.560. The molecule has 0 unspecified atom stereocenters. The molecule has 0 saturated carbocycles. The Balaban J connectivity index is 0. The van der Waals surface area contributed by atoms with Crippen molar-refractivity contribution < 1.29 is 0 Å². The van der Waals surface area contributed by atoms with Crippen molar-refractivity contribution in [3.05, 3.63) is 0 Å². The Morgan fingerprint density at radius 1 is 0.909 bits per heavy atom. The maximum atomic E-state index is 2.37. The van der Waals surface area contributed by atoms with Crippen molar-refractivity contribution in [3.8, 4) is 0 Å². The third-order valence-electron chi connectivity index (χ3n) is 1.23. The van der Waals surface area contributed by atoms with Crippen LogP contribution in [0.25, 0.3) is 0 Å². The van der Waals surface area contributed by atoms with Gasteiger partial charge in [0.2, 0.25) is 0 Å². The molecule has 1 aliphatic rings. The lowest BCUT2D eigenvalue weighted by Gasteiger charge is -2.20. The van der Waals surface area contributed by atoms with Crippen LogP contribution in [0.1, 0.15) is 27.7 Å². The van der Waals surface area contributed by atoms with E-state index in [4.69, 9.17) is 0 Å². The Bertz CT molecular complexity index is 51.5. The zero-order chi connectivity index (χ0) is 9.11. The Morgan fingerprint density at radius 2 is 1.27 bits per heavy atom. The normalized spacial score (nSPS) is 17.2. The Hall–Kier alpha value is 0.310. The fourth-order valence-electron chi connectivity index (χ4n) is 0.655. The van der Waals surface area contributed by atoms with Crippen molar-refractivity contribution in [2.45, 2.75) is 27.7 Å². The molecule has 0 bridgehead atoms. The topological polar surface area (TPSA) is 3.24 Å². The minimum Gasteiger partial charge on any atom is -0.305 e. The first-order chi connectivity index (χ1) is 5.39. The summed E-state index contributed by atoms with van der Waals surface area (Å²) in [6.07, 6.45) is 0. The fraction of sp³-hybridized carbons (Fsp3) is 1.00. The number of hydrogen-bond acceptors (Lipinski definition) is 2. The van der Waals surface area contributed by atoms with Crippen LogP contribution >= 0.6 is 11.8 Å². The molecule has 0 aliphatic carbocycles. The maximum absolute atomic E-state index is 2.37. The van der Waals surface area contributed by atoms with Crippen LogP contribution in [0.2, 0.25) is 0 Å². The van der Waals surface area contributed by atoms with Crippen LogP contribution < -0.4 is 0 Å². The highest BCUT2D eigenvalue weighted by Crippen LogP contribution is 2.05. The molecule has 1 rings (SSSR count). The zero-order valence-electron chi connectivity index (χ0n) is 8.68. The van der Waals surface area contributed by atoms with Crippen molar-refractivity contribution in [3.63, 3.8) is 0 Å². The van der Waals surface area contributed by atoms with Gasteiger partial charge in [-0.05, 0) is 7.05 Å². The number of hydrogen-bond donors (Lipinski definition) is 0. The predicted molar refractivity (Wildman–Crippen MR) is 57.5 cm³/mol. The molecular formula is C9H23NS. The second kappa shape index (κ2) is 12.9. The molecule has 2 heteroatoms. The molecule has 0 aromatic rings. The molecule has 0 N–H and O–H groups in total. The van der Waals surface area contributed by atoms with Gasteiger partial charge in [0.15, 0.2) is 0 Å². The summed E-state index contributed by atoms with van der Waals surface area (Å²) in [5.41, 5.74) is 0. The van der Waals surface area contributed by atoms with Crippen molar-refractivity contribution in [2.75, 3.05) is 31.6 Å². The molecule has 0 spiro atoms. The molecule has 1 nitrogen and oxygen atoms in total. The first-order valence-corrected chi connectivity index (χ1v) is 5.81. The van der Waals surface area contributed by atoms with Crippen LogP contribution in [-0.4, -0.2) is 36.5 Å². The Kier molecular flexibility index (Phi) is 16.3. The van der Waals surface area contributed by atoms with Crippen molar-refractivity contribution in [1.82, 2.24) is 4.90 Å². The third kappa shape index (κ3) is 10.3. The average Bonchev–Trinajstić information content (AvgIpc) is 2.13. The maximum Gasteiger partial charge on any atom is 0.00696 e. The molecule has 0 amide bonds. The third-order valence-corrected chi connectivity index (χ3v) is 2.18. The fourth-order valence-corrected chi connectivity index (χ4v) is 1.74. The van der Waals surface area contributed by atoms with E-state index in [1.807, 2.05) is 27.7 Å². The summed E-state index contributed by atoms with van der Waals surface area (Å²) in [5, 5.41) is 0. The van der Waals surface area contributed by atoms with E-state index >= 15 is 0 Å². The zero-order valence-corrected chi connectivity index (χ0v) is 9.50. The van der Waals surface area contributed by atoms with Gasteiger partial charge in [0.25, 0.3) is 0 Å². The van der Waals surface area contributed by atoms with Gasteiger partial charge in [-0.25, -0.2) is 0 Å². The molecule has 1 saturated heterocycles. The van der Waals surface area contributed by atoms with Crippen molar-refractivity contribution in [1.29, 1.82) is 0 Å². The second-order valence-electron chi connectivity index (χ2n) is 1.92. The van der Waals surface area contributed by atoms with Crippen LogP contribution in [0.15, 0.2) is 0 Å². The van der Waals surface area contributed by atoms with Crippen LogP contribution in [-0.2, 0) is 0 Å². The van der Waals surface area contributed by atoms with E-state index in [2.05, 4.69) is 23.7 Å². The number of thioether (sulfide) groups is 1. The highest BCUT2D eigenvalue weighted by atomic mass is 32.2. The van der Waals surface area contributed by atoms with Gasteiger partial charge in [-0.3, -0.25) is 0 Å². The minimum atomic E-state index is 1.28. The summed E-state index contributed by atoms with van der Waals surface area (Å²) in [5.74, 6) is 2.66. The van der Waals surface area contributed by atoms with Gasteiger partial charge in [-0.1, -0.05) is 27.7 Å².